The summed E-state index contributed by atoms with van der Waals surface area (Å²) in [6.07, 6.45) is 0. The molecule has 0 fully saturated rings. The predicted octanol–water partition coefficient (Wildman–Crippen LogP) is 0.473. The molecular formula is C15H14NO4-. The van der Waals surface area contributed by atoms with Gasteiger partial charge in [0.25, 0.3) is 5.91 Å². The Balaban J connectivity index is 1.95. The van der Waals surface area contributed by atoms with Gasteiger partial charge in [0.2, 0.25) is 0 Å². The number of benzene rings is 2. The van der Waals surface area contributed by atoms with Crippen LogP contribution in [0.1, 0.15) is 6.92 Å². The number of ether oxygens (including phenoxy) is 1. The standard InChI is InChI=1S/C15H15NO4/c1-10(15(18)19)16-14(17)9-20-13-7-6-11-4-2-3-5-12(11)8-13/h2-8,10H,9H2,1H3,(H,16,17)(H,18,19)/p-1/t10-/m0/s1. The van der Waals surface area contributed by atoms with Crippen LogP contribution in [-0.4, -0.2) is 24.5 Å². The van der Waals surface area contributed by atoms with Gasteiger partial charge in [-0.25, -0.2) is 0 Å². The summed E-state index contributed by atoms with van der Waals surface area (Å²) in [6, 6.07) is 12.2. The average Bonchev–Trinajstić information content (AvgIpc) is 2.44. The Labute approximate surface area is 116 Å². The minimum absolute atomic E-state index is 0.240. The zero-order valence-corrected chi connectivity index (χ0v) is 11.0. The number of carbonyl (C=O) groups excluding carboxylic acids is 2. The maximum absolute atomic E-state index is 11.5. The van der Waals surface area contributed by atoms with Crippen LogP contribution in [0, 0.1) is 0 Å². The Hall–Kier alpha value is -2.56. The van der Waals surface area contributed by atoms with Gasteiger partial charge in [0, 0.05) is 0 Å². The van der Waals surface area contributed by atoms with Crippen LogP contribution in [0.4, 0.5) is 0 Å². The lowest BCUT2D eigenvalue weighted by molar-refractivity contribution is -0.307. The first-order valence-electron chi connectivity index (χ1n) is 6.18. The predicted molar refractivity (Wildman–Crippen MR) is 72.1 cm³/mol. The fourth-order valence-electron chi connectivity index (χ4n) is 1.75. The number of carboxylic acids is 1. The van der Waals surface area contributed by atoms with Crippen LogP contribution in [0.25, 0.3) is 10.8 Å². The molecule has 1 N–H and O–H groups in total. The molecule has 5 nitrogen and oxygen atoms in total. The second-order valence-corrected chi connectivity index (χ2v) is 4.41. The molecular weight excluding hydrogens is 258 g/mol. The highest BCUT2D eigenvalue weighted by molar-refractivity contribution is 5.85. The number of rotatable bonds is 5. The SMILES string of the molecule is C[C@H](NC(=O)COc1ccc2ccccc2c1)C(=O)[O-]. The number of fused-ring (bicyclic) bond motifs is 1. The third-order valence-corrected chi connectivity index (χ3v) is 2.82. The molecule has 0 heterocycles. The first-order valence-corrected chi connectivity index (χ1v) is 6.18. The maximum atomic E-state index is 11.5. The molecule has 2 aromatic carbocycles. The van der Waals surface area contributed by atoms with E-state index in [0.717, 1.165) is 10.8 Å². The third kappa shape index (κ3) is 3.47. The molecule has 0 saturated heterocycles. The van der Waals surface area contributed by atoms with Gasteiger partial charge in [0.1, 0.15) is 5.75 Å². The molecule has 0 spiro atoms. The highest BCUT2D eigenvalue weighted by Crippen LogP contribution is 2.20. The summed E-state index contributed by atoms with van der Waals surface area (Å²) < 4.78 is 5.33. The third-order valence-electron chi connectivity index (χ3n) is 2.82. The zero-order chi connectivity index (χ0) is 14.5. The van der Waals surface area contributed by atoms with Gasteiger partial charge in [0.05, 0.1) is 12.0 Å². The van der Waals surface area contributed by atoms with Gasteiger partial charge in [-0.1, -0.05) is 30.3 Å². The lowest BCUT2D eigenvalue weighted by Crippen LogP contribution is -2.47. The Bertz CT molecular complexity index is 639. The van der Waals surface area contributed by atoms with Crippen LogP contribution in [0.5, 0.6) is 5.75 Å². The van der Waals surface area contributed by atoms with Gasteiger partial charge in [0.15, 0.2) is 6.61 Å². The molecule has 2 rings (SSSR count). The van der Waals surface area contributed by atoms with Gasteiger partial charge in [-0.2, -0.15) is 0 Å². The molecule has 1 atom stereocenters. The largest absolute Gasteiger partial charge is 0.548 e. The summed E-state index contributed by atoms with van der Waals surface area (Å²) in [4.78, 5) is 22.0. The Morgan fingerprint density at radius 3 is 2.60 bits per heavy atom. The van der Waals surface area contributed by atoms with E-state index < -0.39 is 17.9 Å². The topological polar surface area (TPSA) is 78.5 Å². The summed E-state index contributed by atoms with van der Waals surface area (Å²) in [6.45, 7) is 1.10. The van der Waals surface area contributed by atoms with Gasteiger partial charge in [-0.15, -0.1) is 0 Å². The van der Waals surface area contributed by atoms with E-state index in [9.17, 15) is 14.7 Å². The summed E-state index contributed by atoms with van der Waals surface area (Å²) in [5, 5.41) is 14.8. The lowest BCUT2D eigenvalue weighted by Gasteiger charge is -2.14. The normalized spacial score (nSPS) is 11.8. The molecule has 20 heavy (non-hydrogen) atoms. The minimum Gasteiger partial charge on any atom is -0.548 e. The van der Waals surface area contributed by atoms with Crippen LogP contribution in [0.2, 0.25) is 0 Å². The molecule has 0 unspecified atom stereocenters. The highest BCUT2D eigenvalue weighted by atomic mass is 16.5. The van der Waals surface area contributed by atoms with Crippen LogP contribution in [-0.2, 0) is 9.59 Å². The second-order valence-electron chi connectivity index (χ2n) is 4.41. The van der Waals surface area contributed by atoms with Crippen LogP contribution in [0.3, 0.4) is 0 Å². The molecule has 0 saturated carbocycles. The number of carbonyl (C=O) groups is 2. The van der Waals surface area contributed by atoms with E-state index in [1.54, 1.807) is 6.07 Å². The van der Waals surface area contributed by atoms with Crippen molar-refractivity contribution in [3.05, 3.63) is 42.5 Å². The van der Waals surface area contributed by atoms with Gasteiger partial charge in [-0.05, 0) is 29.8 Å². The molecule has 104 valence electrons. The molecule has 0 aromatic heterocycles. The van der Waals surface area contributed by atoms with E-state index in [1.165, 1.54) is 6.92 Å². The fraction of sp³-hybridized carbons (Fsp3) is 0.200. The maximum Gasteiger partial charge on any atom is 0.258 e. The van der Waals surface area contributed by atoms with Gasteiger partial charge in [-0.3, -0.25) is 4.79 Å². The summed E-state index contributed by atoms with van der Waals surface area (Å²) in [5.74, 6) is -1.28. The van der Waals surface area contributed by atoms with E-state index in [1.807, 2.05) is 36.4 Å². The Morgan fingerprint density at radius 1 is 1.20 bits per heavy atom. The van der Waals surface area contributed by atoms with E-state index >= 15 is 0 Å². The van der Waals surface area contributed by atoms with E-state index in [-0.39, 0.29) is 6.61 Å². The van der Waals surface area contributed by atoms with Crippen LogP contribution in [0.15, 0.2) is 42.5 Å². The van der Waals surface area contributed by atoms with Crippen molar-refractivity contribution in [1.29, 1.82) is 0 Å². The van der Waals surface area contributed by atoms with Crippen molar-refractivity contribution < 1.29 is 19.4 Å². The van der Waals surface area contributed by atoms with Crippen LogP contribution >= 0.6 is 0 Å². The molecule has 1 amide bonds. The number of hydrogen-bond acceptors (Lipinski definition) is 4. The Morgan fingerprint density at radius 2 is 1.90 bits per heavy atom. The van der Waals surface area contributed by atoms with E-state index in [2.05, 4.69) is 5.32 Å². The average molecular weight is 272 g/mol. The van der Waals surface area contributed by atoms with Crippen molar-refractivity contribution in [2.75, 3.05) is 6.61 Å². The van der Waals surface area contributed by atoms with E-state index in [0.29, 0.717) is 5.75 Å². The smallest absolute Gasteiger partial charge is 0.258 e. The molecule has 2 aromatic rings. The Kier molecular flexibility index (Phi) is 4.20. The van der Waals surface area contributed by atoms with Crippen molar-refractivity contribution in [3.63, 3.8) is 0 Å². The van der Waals surface area contributed by atoms with Crippen LogP contribution < -0.4 is 15.2 Å². The number of nitrogens with one attached hydrogen (secondary N) is 1. The lowest BCUT2D eigenvalue weighted by atomic mass is 10.1. The first kappa shape index (κ1) is 13.9. The summed E-state index contributed by atoms with van der Waals surface area (Å²) >= 11 is 0. The van der Waals surface area contributed by atoms with Gasteiger partial charge >= 0.3 is 0 Å². The van der Waals surface area contributed by atoms with Crippen molar-refractivity contribution >= 4 is 22.6 Å². The van der Waals surface area contributed by atoms with Gasteiger partial charge < -0.3 is 20.0 Å². The molecule has 5 heteroatoms. The second kappa shape index (κ2) is 6.06. The number of carboxylic acid groups (broad SMARTS) is 1. The minimum atomic E-state index is -1.33. The van der Waals surface area contributed by atoms with Crippen molar-refractivity contribution in [3.8, 4) is 5.75 Å². The molecule has 0 radical (unpaired) electrons. The molecule has 0 aliphatic carbocycles. The highest BCUT2D eigenvalue weighted by Gasteiger charge is 2.08. The first-order chi connectivity index (χ1) is 9.56. The zero-order valence-electron chi connectivity index (χ0n) is 11.0. The number of hydrogen-bond donors (Lipinski definition) is 1. The summed E-state index contributed by atoms with van der Waals surface area (Å²) in [5.41, 5.74) is 0. The quantitative estimate of drug-likeness (QED) is 0.858. The molecule has 0 aliphatic heterocycles. The molecule has 0 aliphatic rings. The fourth-order valence-corrected chi connectivity index (χ4v) is 1.75. The monoisotopic (exact) mass is 272 g/mol. The van der Waals surface area contributed by atoms with E-state index in [4.69, 9.17) is 4.74 Å². The number of aliphatic carboxylic acids is 1. The number of amides is 1. The molecule has 0 bridgehead atoms. The van der Waals surface area contributed by atoms with Crippen molar-refractivity contribution in [2.24, 2.45) is 0 Å². The summed E-state index contributed by atoms with van der Waals surface area (Å²) in [7, 11) is 0. The van der Waals surface area contributed by atoms with Crippen molar-refractivity contribution in [2.45, 2.75) is 13.0 Å². The van der Waals surface area contributed by atoms with Crippen molar-refractivity contribution in [1.82, 2.24) is 5.32 Å².